The summed E-state index contributed by atoms with van der Waals surface area (Å²) >= 11 is 0. The fraction of sp³-hybridized carbons (Fsp3) is 0.846. The van der Waals surface area contributed by atoms with Gasteiger partial charge in [-0.3, -0.25) is 4.79 Å². The highest BCUT2D eigenvalue weighted by atomic mass is 16.4. The molecule has 102 valence electrons. The van der Waals surface area contributed by atoms with Gasteiger partial charge in [-0.05, 0) is 24.7 Å². The first-order valence-corrected chi connectivity index (χ1v) is 6.75. The van der Waals surface area contributed by atoms with Gasteiger partial charge in [-0.1, -0.05) is 13.8 Å². The molecule has 3 atom stereocenters. The molecule has 5 heteroatoms. The highest BCUT2D eigenvalue weighted by Crippen LogP contribution is 2.25. The Morgan fingerprint density at radius 1 is 1.06 bits per heavy atom. The molecule has 18 heavy (non-hydrogen) atoms. The predicted molar refractivity (Wildman–Crippen MR) is 67.2 cm³/mol. The molecule has 2 fully saturated rings. The molecule has 2 rings (SSSR count). The first-order valence-electron chi connectivity index (χ1n) is 6.75. The van der Waals surface area contributed by atoms with Crippen LogP contribution in [0.3, 0.4) is 0 Å². The summed E-state index contributed by atoms with van der Waals surface area (Å²) in [6.07, 6.45) is 1.48. The first kappa shape index (κ1) is 13.2. The van der Waals surface area contributed by atoms with Crippen LogP contribution in [-0.4, -0.2) is 53.1 Å². The van der Waals surface area contributed by atoms with Crippen LogP contribution in [0.4, 0.5) is 4.79 Å². The van der Waals surface area contributed by atoms with Crippen molar-refractivity contribution >= 4 is 12.0 Å². The molecule has 2 saturated heterocycles. The third-order valence-electron chi connectivity index (χ3n) is 4.30. The number of carboxylic acids is 1. The van der Waals surface area contributed by atoms with Crippen molar-refractivity contribution in [3.8, 4) is 0 Å². The average Bonchev–Trinajstić information content (AvgIpc) is 2.69. The van der Waals surface area contributed by atoms with Crippen molar-refractivity contribution in [2.45, 2.75) is 26.7 Å². The summed E-state index contributed by atoms with van der Waals surface area (Å²) < 4.78 is 0. The van der Waals surface area contributed by atoms with Gasteiger partial charge in [0.15, 0.2) is 0 Å². The van der Waals surface area contributed by atoms with E-state index in [0.29, 0.717) is 31.3 Å². The van der Waals surface area contributed by atoms with Gasteiger partial charge in [-0.25, -0.2) is 4.79 Å². The number of carbonyl (C=O) groups is 2. The second-order valence-electron chi connectivity index (χ2n) is 5.77. The van der Waals surface area contributed by atoms with Crippen molar-refractivity contribution in [3.05, 3.63) is 0 Å². The van der Waals surface area contributed by atoms with Crippen LogP contribution >= 0.6 is 0 Å². The highest BCUT2D eigenvalue weighted by molar-refractivity contribution is 5.77. The zero-order chi connectivity index (χ0) is 13.3. The Kier molecular flexibility index (Phi) is 3.78. The fourth-order valence-corrected chi connectivity index (χ4v) is 2.84. The molecule has 2 aliphatic rings. The number of hydrogen-bond donors (Lipinski definition) is 1. The Bertz CT molecular complexity index is 335. The summed E-state index contributed by atoms with van der Waals surface area (Å²) in [6, 6.07) is 0.0251. The maximum atomic E-state index is 12.3. The Hall–Kier alpha value is -1.26. The number of hydrogen-bond acceptors (Lipinski definition) is 2. The van der Waals surface area contributed by atoms with E-state index in [-0.39, 0.29) is 11.9 Å². The van der Waals surface area contributed by atoms with Gasteiger partial charge >= 0.3 is 12.0 Å². The number of nitrogens with zero attached hydrogens (tertiary/aromatic N) is 2. The van der Waals surface area contributed by atoms with E-state index >= 15 is 0 Å². The molecule has 0 aromatic carbocycles. The molecular formula is C13H22N2O3. The first-order chi connectivity index (χ1) is 8.49. The minimum absolute atomic E-state index is 0.0251. The van der Waals surface area contributed by atoms with Crippen molar-refractivity contribution in [2.24, 2.45) is 17.8 Å². The third kappa shape index (κ3) is 2.60. The average molecular weight is 254 g/mol. The quantitative estimate of drug-likeness (QED) is 0.771. The lowest BCUT2D eigenvalue weighted by Crippen LogP contribution is -2.48. The van der Waals surface area contributed by atoms with E-state index in [4.69, 9.17) is 5.11 Å². The molecule has 0 aliphatic carbocycles. The van der Waals surface area contributed by atoms with Crippen molar-refractivity contribution < 1.29 is 14.7 Å². The van der Waals surface area contributed by atoms with Gasteiger partial charge in [-0.2, -0.15) is 0 Å². The van der Waals surface area contributed by atoms with E-state index in [1.165, 1.54) is 0 Å². The van der Waals surface area contributed by atoms with Gasteiger partial charge in [0, 0.05) is 26.2 Å². The molecule has 3 unspecified atom stereocenters. The number of likely N-dealkylation sites (tertiary alicyclic amines) is 2. The molecule has 0 aromatic rings. The van der Waals surface area contributed by atoms with E-state index in [0.717, 1.165) is 19.5 Å². The predicted octanol–water partition coefficient (Wildman–Crippen LogP) is 1.49. The van der Waals surface area contributed by atoms with Gasteiger partial charge in [0.2, 0.25) is 0 Å². The number of urea groups is 1. The summed E-state index contributed by atoms with van der Waals surface area (Å²) in [5.74, 6) is -0.0983. The van der Waals surface area contributed by atoms with Crippen molar-refractivity contribution in [3.63, 3.8) is 0 Å². The fourth-order valence-electron chi connectivity index (χ4n) is 2.84. The second-order valence-corrected chi connectivity index (χ2v) is 5.77. The van der Waals surface area contributed by atoms with Crippen LogP contribution in [0.2, 0.25) is 0 Å². The number of piperidine rings is 1. The lowest BCUT2D eigenvalue weighted by molar-refractivity contribution is -0.143. The molecule has 0 spiro atoms. The van der Waals surface area contributed by atoms with Crippen LogP contribution < -0.4 is 0 Å². The molecule has 1 N–H and O–H groups in total. The molecule has 2 heterocycles. The topological polar surface area (TPSA) is 60.9 Å². The molecule has 0 bridgehead atoms. The number of carboxylic acid groups (broad SMARTS) is 1. The second kappa shape index (κ2) is 5.16. The Morgan fingerprint density at radius 3 is 2.22 bits per heavy atom. The SMILES string of the molecule is CC1CN(C(=O)N2CCCC(C(=O)O)C2)CC1C. The summed E-state index contributed by atoms with van der Waals surface area (Å²) in [5.41, 5.74) is 0. The van der Waals surface area contributed by atoms with Gasteiger partial charge in [-0.15, -0.1) is 0 Å². The third-order valence-corrected chi connectivity index (χ3v) is 4.30. The minimum Gasteiger partial charge on any atom is -0.481 e. The van der Waals surface area contributed by atoms with E-state index in [1.807, 2.05) is 4.90 Å². The number of rotatable bonds is 1. The standard InChI is InChI=1S/C13H22N2O3/c1-9-6-15(7-10(9)2)13(18)14-5-3-4-11(8-14)12(16)17/h9-11H,3-8H2,1-2H3,(H,16,17). The van der Waals surface area contributed by atoms with Crippen molar-refractivity contribution in [2.75, 3.05) is 26.2 Å². The molecule has 0 aromatic heterocycles. The van der Waals surface area contributed by atoms with Crippen LogP contribution in [0.25, 0.3) is 0 Å². The Labute approximate surface area is 108 Å². The molecule has 2 amide bonds. The van der Waals surface area contributed by atoms with Gasteiger partial charge in [0.05, 0.1) is 5.92 Å². The number of aliphatic carboxylic acids is 1. The van der Waals surface area contributed by atoms with Crippen LogP contribution in [0.5, 0.6) is 0 Å². The maximum absolute atomic E-state index is 12.3. The summed E-state index contributed by atoms with van der Waals surface area (Å²) in [7, 11) is 0. The molecule has 0 radical (unpaired) electrons. The minimum atomic E-state index is -0.782. The molecule has 5 nitrogen and oxygen atoms in total. The van der Waals surface area contributed by atoms with Crippen molar-refractivity contribution in [1.29, 1.82) is 0 Å². The summed E-state index contributed by atoms with van der Waals surface area (Å²) in [4.78, 5) is 26.9. The molecule has 0 saturated carbocycles. The van der Waals surface area contributed by atoms with E-state index in [2.05, 4.69) is 13.8 Å². The van der Waals surface area contributed by atoms with Crippen molar-refractivity contribution in [1.82, 2.24) is 9.80 Å². The van der Waals surface area contributed by atoms with Gasteiger partial charge in [0.1, 0.15) is 0 Å². The number of carbonyl (C=O) groups excluding carboxylic acids is 1. The molecular weight excluding hydrogens is 232 g/mol. The van der Waals surface area contributed by atoms with Crippen LogP contribution in [0.15, 0.2) is 0 Å². The monoisotopic (exact) mass is 254 g/mol. The lowest BCUT2D eigenvalue weighted by Gasteiger charge is -2.33. The zero-order valence-electron chi connectivity index (χ0n) is 11.1. The molecule has 2 aliphatic heterocycles. The smallest absolute Gasteiger partial charge is 0.320 e. The van der Waals surface area contributed by atoms with Gasteiger partial charge < -0.3 is 14.9 Å². The largest absolute Gasteiger partial charge is 0.481 e. The van der Waals surface area contributed by atoms with E-state index < -0.39 is 5.97 Å². The van der Waals surface area contributed by atoms with Crippen LogP contribution in [-0.2, 0) is 4.79 Å². The maximum Gasteiger partial charge on any atom is 0.320 e. The number of amides is 2. The van der Waals surface area contributed by atoms with Crippen LogP contribution in [0.1, 0.15) is 26.7 Å². The normalized spacial score (nSPS) is 32.7. The van der Waals surface area contributed by atoms with E-state index in [1.54, 1.807) is 4.90 Å². The Balaban J connectivity index is 1.95. The lowest BCUT2D eigenvalue weighted by atomic mass is 9.99. The zero-order valence-corrected chi connectivity index (χ0v) is 11.1. The van der Waals surface area contributed by atoms with E-state index in [9.17, 15) is 9.59 Å². The highest BCUT2D eigenvalue weighted by Gasteiger charge is 2.35. The summed E-state index contributed by atoms with van der Waals surface area (Å²) in [6.45, 7) is 6.99. The Morgan fingerprint density at radius 2 is 1.67 bits per heavy atom. The van der Waals surface area contributed by atoms with Crippen LogP contribution in [0, 0.1) is 17.8 Å². The van der Waals surface area contributed by atoms with Gasteiger partial charge in [0.25, 0.3) is 0 Å². The summed E-state index contributed by atoms with van der Waals surface area (Å²) in [5, 5.41) is 9.04.